The van der Waals surface area contributed by atoms with E-state index in [4.69, 9.17) is 0 Å². The number of nitrogens with zero attached hydrogens (tertiary/aromatic N) is 1. The van der Waals surface area contributed by atoms with Gasteiger partial charge in [-0.1, -0.05) is 30.7 Å². The lowest BCUT2D eigenvalue weighted by atomic mass is 10.1. The van der Waals surface area contributed by atoms with Gasteiger partial charge < -0.3 is 9.88 Å². The molecule has 0 aliphatic carbocycles. The summed E-state index contributed by atoms with van der Waals surface area (Å²) in [5.74, 6) is 0. The van der Waals surface area contributed by atoms with Crippen molar-refractivity contribution >= 4 is 5.69 Å². The van der Waals surface area contributed by atoms with Gasteiger partial charge in [0.15, 0.2) is 0 Å². The van der Waals surface area contributed by atoms with Crippen LogP contribution in [-0.4, -0.2) is 4.57 Å². The average Bonchev–Trinajstić information content (AvgIpc) is 2.41. The second kappa shape index (κ2) is 6.42. The Balaban J connectivity index is 2.10. The minimum absolute atomic E-state index is 0.0592. The summed E-state index contributed by atoms with van der Waals surface area (Å²) in [7, 11) is 0. The Bertz CT molecular complexity index is 644. The van der Waals surface area contributed by atoms with Crippen LogP contribution in [0.5, 0.6) is 0 Å². The number of aromatic nitrogens is 1. The molecule has 3 nitrogen and oxygen atoms in total. The van der Waals surface area contributed by atoms with E-state index in [-0.39, 0.29) is 5.56 Å². The normalized spacial score (nSPS) is 10.6. The van der Waals surface area contributed by atoms with Gasteiger partial charge in [-0.25, -0.2) is 0 Å². The van der Waals surface area contributed by atoms with Gasteiger partial charge in [-0.15, -0.1) is 0 Å². The average molecular weight is 270 g/mol. The van der Waals surface area contributed by atoms with E-state index < -0.39 is 0 Å². The lowest BCUT2D eigenvalue weighted by molar-refractivity contribution is 0.655. The molecule has 0 unspecified atom stereocenters. The third kappa shape index (κ3) is 3.50. The van der Waals surface area contributed by atoms with E-state index in [1.165, 1.54) is 16.7 Å². The molecule has 1 aromatic carbocycles. The maximum atomic E-state index is 11.7. The molecular formula is C17H22N2O. The quantitative estimate of drug-likeness (QED) is 0.902. The molecule has 1 heterocycles. The molecule has 0 aliphatic rings. The zero-order valence-electron chi connectivity index (χ0n) is 12.4. The summed E-state index contributed by atoms with van der Waals surface area (Å²) >= 11 is 0. The number of anilines is 1. The van der Waals surface area contributed by atoms with Crippen molar-refractivity contribution in [2.75, 3.05) is 5.32 Å². The van der Waals surface area contributed by atoms with Crippen molar-refractivity contribution in [1.82, 2.24) is 4.57 Å². The van der Waals surface area contributed by atoms with E-state index in [1.807, 2.05) is 12.3 Å². The van der Waals surface area contributed by atoms with Crippen LogP contribution in [0.2, 0.25) is 0 Å². The first kappa shape index (κ1) is 14.4. The Hall–Kier alpha value is -2.03. The second-order valence-electron chi connectivity index (χ2n) is 5.23. The molecule has 2 aromatic rings. The highest BCUT2D eigenvalue weighted by Gasteiger charge is 2.01. The number of nitrogens with one attached hydrogen (secondary N) is 1. The van der Waals surface area contributed by atoms with Crippen LogP contribution < -0.4 is 10.9 Å². The third-order valence-electron chi connectivity index (χ3n) is 3.43. The van der Waals surface area contributed by atoms with Crippen LogP contribution in [0.4, 0.5) is 5.69 Å². The third-order valence-corrected chi connectivity index (χ3v) is 3.43. The van der Waals surface area contributed by atoms with E-state index in [1.54, 1.807) is 10.6 Å². The van der Waals surface area contributed by atoms with Crippen LogP contribution in [0.15, 0.2) is 41.3 Å². The molecule has 20 heavy (non-hydrogen) atoms. The summed E-state index contributed by atoms with van der Waals surface area (Å²) in [6, 6.07) is 9.94. The number of benzene rings is 1. The maximum Gasteiger partial charge on any atom is 0.250 e. The van der Waals surface area contributed by atoms with E-state index in [2.05, 4.69) is 44.3 Å². The Labute approximate surface area is 120 Å². The molecule has 0 amide bonds. The Morgan fingerprint density at radius 2 is 1.95 bits per heavy atom. The molecule has 0 saturated heterocycles. The number of hydrogen-bond donors (Lipinski definition) is 1. The van der Waals surface area contributed by atoms with Gasteiger partial charge in [-0.05, 0) is 37.5 Å². The predicted molar refractivity (Wildman–Crippen MR) is 84.2 cm³/mol. The highest BCUT2D eigenvalue weighted by atomic mass is 16.1. The molecule has 1 aromatic heterocycles. The molecular weight excluding hydrogens is 248 g/mol. The largest absolute Gasteiger partial charge is 0.380 e. The fraction of sp³-hybridized carbons (Fsp3) is 0.353. The zero-order valence-corrected chi connectivity index (χ0v) is 12.4. The minimum Gasteiger partial charge on any atom is -0.380 e. The standard InChI is InChI=1S/C17H22N2O/c1-4-9-19-12-16(7-8-17(19)20)18-11-15-6-5-13(2)10-14(15)3/h5-8,10,12,18H,4,9,11H2,1-3H3. The van der Waals surface area contributed by atoms with Crippen molar-refractivity contribution in [2.24, 2.45) is 0 Å². The maximum absolute atomic E-state index is 11.7. The topological polar surface area (TPSA) is 34.0 Å². The molecule has 0 aliphatic heterocycles. The van der Waals surface area contributed by atoms with E-state index >= 15 is 0 Å². The molecule has 0 bridgehead atoms. The number of pyridine rings is 1. The molecule has 2 rings (SSSR count). The van der Waals surface area contributed by atoms with Gasteiger partial charge in [-0.3, -0.25) is 4.79 Å². The van der Waals surface area contributed by atoms with Gasteiger partial charge >= 0.3 is 0 Å². The first-order valence-electron chi connectivity index (χ1n) is 7.10. The van der Waals surface area contributed by atoms with Crippen LogP contribution >= 0.6 is 0 Å². The molecule has 0 spiro atoms. The summed E-state index contributed by atoms with van der Waals surface area (Å²) in [6.45, 7) is 7.84. The molecule has 0 atom stereocenters. The Morgan fingerprint density at radius 1 is 1.15 bits per heavy atom. The second-order valence-corrected chi connectivity index (χ2v) is 5.23. The van der Waals surface area contributed by atoms with Gasteiger partial charge in [0.1, 0.15) is 0 Å². The van der Waals surface area contributed by atoms with E-state index in [0.29, 0.717) is 0 Å². The first-order chi connectivity index (χ1) is 9.60. The van der Waals surface area contributed by atoms with Gasteiger partial charge in [-0.2, -0.15) is 0 Å². The molecule has 3 heteroatoms. The number of hydrogen-bond acceptors (Lipinski definition) is 2. The number of aryl methyl sites for hydroxylation is 3. The van der Waals surface area contributed by atoms with Gasteiger partial charge in [0, 0.05) is 25.4 Å². The number of rotatable bonds is 5. The molecule has 0 fully saturated rings. The summed E-state index contributed by atoms with van der Waals surface area (Å²) in [6.07, 6.45) is 2.86. The fourth-order valence-corrected chi connectivity index (χ4v) is 2.29. The molecule has 0 radical (unpaired) electrons. The lowest BCUT2D eigenvalue weighted by Crippen LogP contribution is -2.18. The smallest absolute Gasteiger partial charge is 0.250 e. The SMILES string of the molecule is CCCn1cc(NCc2ccc(C)cc2C)ccc1=O. The van der Waals surface area contributed by atoms with Crippen molar-refractivity contribution in [1.29, 1.82) is 0 Å². The van der Waals surface area contributed by atoms with Gasteiger partial charge in [0.25, 0.3) is 5.56 Å². The van der Waals surface area contributed by atoms with Gasteiger partial charge in [0.2, 0.25) is 0 Å². The zero-order chi connectivity index (χ0) is 14.5. The van der Waals surface area contributed by atoms with Crippen LogP contribution in [0.1, 0.15) is 30.0 Å². The molecule has 0 saturated carbocycles. The highest BCUT2D eigenvalue weighted by Crippen LogP contribution is 2.13. The van der Waals surface area contributed by atoms with Crippen molar-refractivity contribution in [3.63, 3.8) is 0 Å². The monoisotopic (exact) mass is 270 g/mol. The molecule has 106 valence electrons. The minimum atomic E-state index is 0.0592. The van der Waals surface area contributed by atoms with Crippen molar-refractivity contribution < 1.29 is 0 Å². The van der Waals surface area contributed by atoms with Crippen molar-refractivity contribution in [3.8, 4) is 0 Å². The van der Waals surface area contributed by atoms with Crippen molar-refractivity contribution in [2.45, 2.75) is 40.3 Å². The lowest BCUT2D eigenvalue weighted by Gasteiger charge is -2.11. The summed E-state index contributed by atoms with van der Waals surface area (Å²) < 4.78 is 1.75. The summed E-state index contributed by atoms with van der Waals surface area (Å²) in [4.78, 5) is 11.7. The summed E-state index contributed by atoms with van der Waals surface area (Å²) in [5, 5.41) is 3.39. The van der Waals surface area contributed by atoms with Gasteiger partial charge in [0.05, 0.1) is 5.69 Å². The molecule has 1 N–H and O–H groups in total. The first-order valence-corrected chi connectivity index (χ1v) is 7.10. The fourth-order valence-electron chi connectivity index (χ4n) is 2.29. The Morgan fingerprint density at radius 3 is 2.65 bits per heavy atom. The van der Waals surface area contributed by atoms with Crippen LogP contribution in [0.3, 0.4) is 0 Å². The van der Waals surface area contributed by atoms with Crippen LogP contribution in [0.25, 0.3) is 0 Å². The summed E-state index contributed by atoms with van der Waals surface area (Å²) in [5.41, 5.74) is 4.90. The Kier molecular flexibility index (Phi) is 4.61. The predicted octanol–water partition coefficient (Wildman–Crippen LogP) is 3.49. The van der Waals surface area contributed by atoms with Crippen LogP contribution in [-0.2, 0) is 13.1 Å². The van der Waals surface area contributed by atoms with E-state index in [9.17, 15) is 4.79 Å². The van der Waals surface area contributed by atoms with E-state index in [0.717, 1.165) is 25.2 Å². The van der Waals surface area contributed by atoms with Crippen LogP contribution in [0, 0.1) is 13.8 Å². The van der Waals surface area contributed by atoms with Crippen molar-refractivity contribution in [3.05, 3.63) is 63.6 Å². The highest BCUT2D eigenvalue weighted by molar-refractivity contribution is 5.42.